The van der Waals surface area contributed by atoms with Gasteiger partial charge in [0.2, 0.25) is 0 Å². The van der Waals surface area contributed by atoms with Crippen molar-refractivity contribution in [2.24, 2.45) is 11.7 Å². The summed E-state index contributed by atoms with van der Waals surface area (Å²) in [5.41, 5.74) is 6.52. The number of rotatable bonds is 2. The first-order chi connectivity index (χ1) is 7.68. The summed E-state index contributed by atoms with van der Waals surface area (Å²) < 4.78 is 0. The van der Waals surface area contributed by atoms with Crippen molar-refractivity contribution in [3.63, 3.8) is 0 Å². The molecule has 2 unspecified atom stereocenters. The van der Waals surface area contributed by atoms with Crippen LogP contribution in [-0.2, 0) is 0 Å². The number of piperidine rings is 1. The first-order valence-electron chi connectivity index (χ1n) is 5.72. The molecule has 0 spiro atoms. The van der Waals surface area contributed by atoms with E-state index in [9.17, 15) is 4.79 Å². The molecule has 2 rings (SSSR count). The van der Waals surface area contributed by atoms with Gasteiger partial charge in [0.25, 0.3) is 5.91 Å². The highest BCUT2D eigenvalue weighted by Crippen LogP contribution is 2.20. The molecule has 0 aromatic carbocycles. The van der Waals surface area contributed by atoms with E-state index in [0.717, 1.165) is 25.9 Å². The molecule has 0 radical (unpaired) electrons. The van der Waals surface area contributed by atoms with Crippen LogP contribution in [0.5, 0.6) is 0 Å². The Bertz CT molecular complexity index is 347. The Hall–Kier alpha value is -1.36. The van der Waals surface area contributed by atoms with Crippen molar-refractivity contribution in [1.29, 1.82) is 0 Å². The number of likely N-dealkylation sites (tertiary alicyclic amines) is 1. The monoisotopic (exact) mass is 222 g/mol. The summed E-state index contributed by atoms with van der Waals surface area (Å²) in [6, 6.07) is 0.153. The summed E-state index contributed by atoms with van der Waals surface area (Å²) in [5, 5.41) is 6.46. The number of carbonyl (C=O) groups is 1. The van der Waals surface area contributed by atoms with Crippen LogP contribution in [0.15, 0.2) is 12.4 Å². The zero-order valence-corrected chi connectivity index (χ0v) is 9.52. The summed E-state index contributed by atoms with van der Waals surface area (Å²) in [7, 11) is 0. The minimum absolute atomic E-state index is 0.0547. The van der Waals surface area contributed by atoms with Gasteiger partial charge >= 0.3 is 0 Å². The zero-order chi connectivity index (χ0) is 11.5. The maximum atomic E-state index is 12.1. The van der Waals surface area contributed by atoms with Gasteiger partial charge < -0.3 is 10.6 Å². The van der Waals surface area contributed by atoms with Crippen LogP contribution in [0, 0.1) is 5.92 Å². The maximum Gasteiger partial charge on any atom is 0.257 e. The van der Waals surface area contributed by atoms with Crippen molar-refractivity contribution in [3.8, 4) is 0 Å². The number of H-pyrrole nitrogens is 1. The molecule has 0 saturated carbocycles. The molecular weight excluding hydrogens is 204 g/mol. The molecule has 2 atom stereocenters. The van der Waals surface area contributed by atoms with E-state index in [0.29, 0.717) is 11.5 Å². The van der Waals surface area contributed by atoms with Gasteiger partial charge in [0, 0.05) is 25.3 Å². The summed E-state index contributed by atoms with van der Waals surface area (Å²) in [4.78, 5) is 13.9. The first kappa shape index (κ1) is 11.1. The number of nitrogens with one attached hydrogen (secondary N) is 1. The highest BCUT2D eigenvalue weighted by molar-refractivity contribution is 5.93. The van der Waals surface area contributed by atoms with Crippen LogP contribution in [0.4, 0.5) is 0 Å². The second-order valence-corrected chi connectivity index (χ2v) is 4.50. The lowest BCUT2D eigenvalue weighted by Crippen LogP contribution is -2.44. The van der Waals surface area contributed by atoms with Gasteiger partial charge in [0.15, 0.2) is 0 Å². The van der Waals surface area contributed by atoms with Crippen molar-refractivity contribution < 1.29 is 4.79 Å². The lowest BCUT2D eigenvalue weighted by Gasteiger charge is -2.34. The van der Waals surface area contributed by atoms with E-state index in [-0.39, 0.29) is 11.9 Å². The Morgan fingerprint density at radius 2 is 2.56 bits per heavy atom. The fourth-order valence-corrected chi connectivity index (χ4v) is 2.17. The number of nitrogens with two attached hydrogens (primary N) is 1. The van der Waals surface area contributed by atoms with E-state index in [1.54, 1.807) is 12.4 Å². The highest BCUT2D eigenvalue weighted by atomic mass is 16.2. The molecule has 1 aromatic heterocycles. The van der Waals surface area contributed by atoms with Crippen molar-refractivity contribution in [1.82, 2.24) is 15.1 Å². The molecule has 2 heterocycles. The molecule has 5 nitrogen and oxygen atoms in total. The standard InChI is InChI=1S/C11H18N4O/c1-8(12)9-3-2-4-15(7-9)11(16)10-5-13-14-6-10/h5-6,8-9H,2-4,7,12H2,1H3,(H,13,14). The second kappa shape index (κ2) is 4.65. The summed E-state index contributed by atoms with van der Waals surface area (Å²) in [6.45, 7) is 3.60. The van der Waals surface area contributed by atoms with Gasteiger partial charge in [-0.1, -0.05) is 0 Å². The van der Waals surface area contributed by atoms with Gasteiger partial charge in [0.1, 0.15) is 0 Å². The van der Waals surface area contributed by atoms with Crippen LogP contribution in [0.2, 0.25) is 0 Å². The van der Waals surface area contributed by atoms with Crippen LogP contribution >= 0.6 is 0 Å². The fraction of sp³-hybridized carbons (Fsp3) is 0.636. The topological polar surface area (TPSA) is 75.0 Å². The maximum absolute atomic E-state index is 12.1. The van der Waals surface area contributed by atoms with Crippen LogP contribution in [-0.4, -0.2) is 40.1 Å². The lowest BCUT2D eigenvalue weighted by atomic mass is 9.92. The summed E-state index contributed by atoms with van der Waals surface area (Å²) >= 11 is 0. The third-order valence-electron chi connectivity index (χ3n) is 3.23. The largest absolute Gasteiger partial charge is 0.338 e. The highest BCUT2D eigenvalue weighted by Gasteiger charge is 2.26. The van der Waals surface area contributed by atoms with Gasteiger partial charge in [-0.15, -0.1) is 0 Å². The quantitative estimate of drug-likeness (QED) is 0.769. The van der Waals surface area contributed by atoms with Crippen LogP contribution in [0.25, 0.3) is 0 Å². The number of amides is 1. The predicted octanol–water partition coefficient (Wildman–Crippen LogP) is 0.609. The third kappa shape index (κ3) is 2.24. The Kier molecular flexibility index (Phi) is 3.24. The van der Waals surface area contributed by atoms with Gasteiger partial charge in [-0.2, -0.15) is 5.10 Å². The van der Waals surface area contributed by atoms with Gasteiger partial charge in [-0.05, 0) is 25.7 Å². The van der Waals surface area contributed by atoms with Gasteiger partial charge in [0.05, 0.1) is 11.8 Å². The predicted molar refractivity (Wildman–Crippen MR) is 60.9 cm³/mol. The number of hydrogen-bond donors (Lipinski definition) is 2. The van der Waals surface area contributed by atoms with Crippen molar-refractivity contribution in [2.75, 3.05) is 13.1 Å². The second-order valence-electron chi connectivity index (χ2n) is 4.50. The molecule has 1 saturated heterocycles. The van der Waals surface area contributed by atoms with Crippen LogP contribution in [0.3, 0.4) is 0 Å². The first-order valence-corrected chi connectivity index (χ1v) is 5.72. The summed E-state index contributed by atoms with van der Waals surface area (Å²) in [5.74, 6) is 0.476. The molecule has 1 aromatic rings. The van der Waals surface area contributed by atoms with Crippen molar-refractivity contribution in [3.05, 3.63) is 18.0 Å². The molecule has 0 bridgehead atoms. The van der Waals surface area contributed by atoms with E-state index in [4.69, 9.17) is 5.73 Å². The molecule has 1 fully saturated rings. The van der Waals surface area contributed by atoms with E-state index in [1.807, 2.05) is 11.8 Å². The van der Waals surface area contributed by atoms with E-state index >= 15 is 0 Å². The molecule has 1 amide bonds. The number of carbonyl (C=O) groups excluding carboxylic acids is 1. The van der Waals surface area contributed by atoms with Crippen molar-refractivity contribution >= 4 is 5.91 Å². The van der Waals surface area contributed by atoms with Crippen LogP contribution in [0.1, 0.15) is 30.1 Å². The Labute approximate surface area is 95.0 Å². The molecule has 0 aliphatic carbocycles. The smallest absolute Gasteiger partial charge is 0.257 e. The Morgan fingerprint density at radius 1 is 1.75 bits per heavy atom. The minimum Gasteiger partial charge on any atom is -0.338 e. The minimum atomic E-state index is 0.0547. The molecule has 5 heteroatoms. The SMILES string of the molecule is CC(N)C1CCCN(C(=O)c2cn[nH]c2)C1. The third-order valence-corrected chi connectivity index (χ3v) is 3.23. The Balaban J connectivity index is 2.02. The molecule has 1 aliphatic heterocycles. The number of aromatic nitrogens is 2. The van der Waals surface area contributed by atoms with Gasteiger partial charge in [-0.25, -0.2) is 0 Å². The van der Waals surface area contributed by atoms with Crippen molar-refractivity contribution in [2.45, 2.75) is 25.8 Å². The fourth-order valence-electron chi connectivity index (χ4n) is 2.17. The average molecular weight is 222 g/mol. The Morgan fingerprint density at radius 3 is 3.19 bits per heavy atom. The molecule has 88 valence electrons. The van der Waals surface area contributed by atoms with Crippen LogP contribution < -0.4 is 5.73 Å². The average Bonchev–Trinajstić information content (AvgIpc) is 2.81. The van der Waals surface area contributed by atoms with Gasteiger partial charge in [-0.3, -0.25) is 9.89 Å². The van der Waals surface area contributed by atoms with E-state index in [2.05, 4.69) is 10.2 Å². The zero-order valence-electron chi connectivity index (χ0n) is 9.52. The lowest BCUT2D eigenvalue weighted by molar-refractivity contribution is 0.0661. The molecular formula is C11H18N4O. The normalized spacial score (nSPS) is 23.1. The number of hydrogen-bond acceptors (Lipinski definition) is 3. The van der Waals surface area contributed by atoms with E-state index in [1.165, 1.54) is 0 Å². The van der Waals surface area contributed by atoms with E-state index < -0.39 is 0 Å². The number of aromatic amines is 1. The summed E-state index contributed by atoms with van der Waals surface area (Å²) in [6.07, 6.45) is 5.36. The molecule has 1 aliphatic rings. The molecule has 16 heavy (non-hydrogen) atoms. The number of nitrogens with zero attached hydrogens (tertiary/aromatic N) is 2. The molecule has 3 N–H and O–H groups in total.